The van der Waals surface area contributed by atoms with Gasteiger partial charge in [0.05, 0.1) is 22.8 Å². The van der Waals surface area contributed by atoms with Crippen LogP contribution < -0.4 is 11.1 Å². The maximum Gasteiger partial charge on any atom is 0.341 e. The zero-order valence-corrected chi connectivity index (χ0v) is 20.6. The molecule has 0 radical (unpaired) electrons. The maximum atomic E-state index is 12.7. The van der Waals surface area contributed by atoms with Gasteiger partial charge in [0, 0.05) is 17.8 Å². The standard InChI is InChI=1S/C21H23N5O4S3/c1-4-8-26-14(10-13-7-6-9-31-13)24-25-21(26)32-11-15(27)23-19-16(20(29)30-5-2)12(3)17(33-19)18(22)28/h4,6-7,9H,1,5,8,10-11H2,2-3H3,(H2,22,28)(H,23,27). The lowest BCUT2D eigenvalue weighted by molar-refractivity contribution is -0.113. The zero-order chi connectivity index (χ0) is 24.0. The van der Waals surface area contributed by atoms with E-state index < -0.39 is 11.9 Å². The fourth-order valence-electron chi connectivity index (χ4n) is 3.02. The van der Waals surface area contributed by atoms with Crippen LogP contribution in [0.1, 0.15) is 43.2 Å². The van der Waals surface area contributed by atoms with E-state index in [4.69, 9.17) is 10.5 Å². The second-order valence-electron chi connectivity index (χ2n) is 6.74. The first kappa shape index (κ1) is 24.7. The number of nitrogens with two attached hydrogens (primary N) is 1. The topological polar surface area (TPSA) is 129 Å². The number of carbonyl (C=O) groups is 3. The molecule has 0 unspecified atom stereocenters. The summed E-state index contributed by atoms with van der Waals surface area (Å²) < 4.78 is 6.98. The molecule has 3 aromatic rings. The number of aromatic nitrogens is 3. The second-order valence-corrected chi connectivity index (χ2v) is 9.73. The summed E-state index contributed by atoms with van der Waals surface area (Å²) in [4.78, 5) is 38.1. The molecule has 2 amide bonds. The lowest BCUT2D eigenvalue weighted by atomic mass is 10.1. The van der Waals surface area contributed by atoms with E-state index in [1.807, 2.05) is 22.1 Å². The molecule has 0 aliphatic heterocycles. The van der Waals surface area contributed by atoms with Gasteiger partial charge in [0.25, 0.3) is 5.91 Å². The Labute approximate surface area is 203 Å². The average Bonchev–Trinajstić information content (AvgIpc) is 3.48. The summed E-state index contributed by atoms with van der Waals surface area (Å²) in [5, 5.41) is 14.0. The SMILES string of the molecule is C=CCn1c(Cc2cccs2)nnc1SCC(=O)Nc1sc(C(N)=O)c(C)c1C(=O)OCC. The first-order chi connectivity index (χ1) is 15.8. The van der Waals surface area contributed by atoms with Crippen molar-refractivity contribution in [3.63, 3.8) is 0 Å². The Morgan fingerprint density at radius 1 is 1.36 bits per heavy atom. The highest BCUT2D eigenvalue weighted by atomic mass is 32.2. The van der Waals surface area contributed by atoms with Gasteiger partial charge in [-0.15, -0.1) is 39.4 Å². The predicted molar refractivity (Wildman–Crippen MR) is 130 cm³/mol. The number of thiophene rings is 2. The van der Waals surface area contributed by atoms with Crippen molar-refractivity contribution >= 4 is 57.2 Å². The van der Waals surface area contributed by atoms with E-state index in [2.05, 4.69) is 22.1 Å². The van der Waals surface area contributed by atoms with Gasteiger partial charge in [0.1, 0.15) is 10.8 Å². The summed E-state index contributed by atoms with van der Waals surface area (Å²) in [5.41, 5.74) is 5.94. The van der Waals surface area contributed by atoms with Crippen molar-refractivity contribution in [3.05, 3.63) is 56.9 Å². The molecule has 0 aliphatic carbocycles. The molecule has 3 N–H and O–H groups in total. The van der Waals surface area contributed by atoms with Gasteiger partial charge in [-0.3, -0.25) is 9.59 Å². The van der Waals surface area contributed by atoms with Crippen molar-refractivity contribution in [3.8, 4) is 0 Å². The van der Waals surface area contributed by atoms with Crippen LogP contribution in [0.2, 0.25) is 0 Å². The molecule has 9 nitrogen and oxygen atoms in total. The third kappa shape index (κ3) is 5.89. The Hall–Kier alpha value is -2.96. The van der Waals surface area contributed by atoms with Crippen LogP contribution in [0.15, 0.2) is 35.3 Å². The molecule has 0 fully saturated rings. The van der Waals surface area contributed by atoms with Crippen molar-refractivity contribution < 1.29 is 19.1 Å². The van der Waals surface area contributed by atoms with Crippen LogP contribution in [0.3, 0.4) is 0 Å². The Morgan fingerprint density at radius 2 is 2.15 bits per heavy atom. The van der Waals surface area contributed by atoms with Crippen LogP contribution in [-0.4, -0.2) is 44.9 Å². The van der Waals surface area contributed by atoms with E-state index in [0.29, 0.717) is 23.7 Å². The van der Waals surface area contributed by atoms with Crippen LogP contribution in [-0.2, 0) is 22.5 Å². The highest BCUT2D eigenvalue weighted by molar-refractivity contribution is 7.99. The quantitative estimate of drug-likeness (QED) is 0.232. The van der Waals surface area contributed by atoms with Gasteiger partial charge in [-0.25, -0.2) is 4.79 Å². The summed E-state index contributed by atoms with van der Waals surface area (Å²) in [6, 6.07) is 4.01. The molecule has 0 bridgehead atoms. The maximum absolute atomic E-state index is 12.7. The van der Waals surface area contributed by atoms with Crippen LogP contribution in [0.4, 0.5) is 5.00 Å². The molecule has 33 heavy (non-hydrogen) atoms. The molecule has 0 aliphatic rings. The number of thioether (sulfide) groups is 1. The first-order valence-electron chi connectivity index (χ1n) is 9.93. The number of carbonyl (C=O) groups excluding carboxylic acids is 3. The van der Waals surface area contributed by atoms with E-state index in [-0.39, 0.29) is 33.7 Å². The summed E-state index contributed by atoms with van der Waals surface area (Å²) in [6.45, 7) is 7.74. The smallest absolute Gasteiger partial charge is 0.341 e. The number of rotatable bonds is 11. The first-order valence-corrected chi connectivity index (χ1v) is 12.6. The number of esters is 1. The number of hydrogen-bond acceptors (Lipinski definition) is 9. The van der Waals surface area contributed by atoms with Gasteiger partial charge >= 0.3 is 5.97 Å². The lowest BCUT2D eigenvalue weighted by Gasteiger charge is -2.08. The zero-order valence-electron chi connectivity index (χ0n) is 18.1. The number of amides is 2. The summed E-state index contributed by atoms with van der Waals surface area (Å²) in [6.07, 6.45) is 2.38. The van der Waals surface area contributed by atoms with Crippen molar-refractivity contribution in [1.82, 2.24) is 14.8 Å². The molecule has 0 spiro atoms. The lowest BCUT2D eigenvalue weighted by Crippen LogP contribution is -2.17. The number of nitrogens with zero attached hydrogens (tertiary/aromatic N) is 3. The number of anilines is 1. The summed E-state index contributed by atoms with van der Waals surface area (Å²) in [7, 11) is 0. The van der Waals surface area contributed by atoms with Crippen LogP contribution in [0.5, 0.6) is 0 Å². The molecule has 12 heteroatoms. The van der Waals surface area contributed by atoms with Gasteiger partial charge in [0.2, 0.25) is 5.91 Å². The molecule has 3 rings (SSSR count). The molecule has 0 saturated heterocycles. The van der Waals surface area contributed by atoms with E-state index in [1.165, 1.54) is 11.8 Å². The van der Waals surface area contributed by atoms with Gasteiger partial charge in [0.15, 0.2) is 5.16 Å². The van der Waals surface area contributed by atoms with Crippen molar-refractivity contribution in [1.29, 1.82) is 0 Å². The van der Waals surface area contributed by atoms with E-state index in [1.54, 1.807) is 31.3 Å². The Bertz CT molecular complexity index is 1170. The fraction of sp³-hybridized carbons (Fsp3) is 0.286. The molecule has 0 saturated carbocycles. The molecule has 3 heterocycles. The predicted octanol–water partition coefficient (Wildman–Crippen LogP) is 3.49. The summed E-state index contributed by atoms with van der Waals surface area (Å²) in [5.74, 6) is -0.848. The number of hydrogen-bond donors (Lipinski definition) is 2. The molecule has 0 atom stereocenters. The normalized spacial score (nSPS) is 10.7. The van der Waals surface area contributed by atoms with Gasteiger partial charge in [-0.1, -0.05) is 23.9 Å². The number of ether oxygens (including phenoxy) is 1. The largest absolute Gasteiger partial charge is 0.462 e. The van der Waals surface area contributed by atoms with Crippen molar-refractivity contribution in [2.24, 2.45) is 5.73 Å². The second kappa shape index (κ2) is 11.3. The molecule has 174 valence electrons. The van der Waals surface area contributed by atoms with Crippen molar-refractivity contribution in [2.75, 3.05) is 17.7 Å². The fourth-order valence-corrected chi connectivity index (χ4v) is 5.55. The monoisotopic (exact) mass is 505 g/mol. The highest BCUT2D eigenvalue weighted by Gasteiger charge is 2.26. The van der Waals surface area contributed by atoms with Crippen LogP contribution in [0.25, 0.3) is 0 Å². The molecular formula is C21H23N5O4S3. The average molecular weight is 506 g/mol. The van der Waals surface area contributed by atoms with E-state index in [9.17, 15) is 14.4 Å². The van der Waals surface area contributed by atoms with Gasteiger partial charge in [-0.05, 0) is 30.9 Å². The Kier molecular flexibility index (Phi) is 8.42. The van der Waals surface area contributed by atoms with Crippen LogP contribution in [0, 0.1) is 6.92 Å². The van der Waals surface area contributed by atoms with Gasteiger partial charge < -0.3 is 20.4 Å². The number of nitrogens with one attached hydrogen (secondary N) is 1. The molecule has 0 aromatic carbocycles. The minimum atomic E-state index is -0.672. The number of allylic oxidation sites excluding steroid dienone is 1. The highest BCUT2D eigenvalue weighted by Crippen LogP contribution is 2.34. The molecule has 3 aromatic heterocycles. The Morgan fingerprint density at radius 3 is 2.79 bits per heavy atom. The third-order valence-corrected chi connectivity index (χ3v) is 7.52. The van der Waals surface area contributed by atoms with Crippen molar-refractivity contribution in [2.45, 2.75) is 32.0 Å². The van der Waals surface area contributed by atoms with E-state index in [0.717, 1.165) is 22.0 Å². The van der Waals surface area contributed by atoms with Crippen LogP contribution >= 0.6 is 34.4 Å². The minimum absolute atomic E-state index is 0.0272. The van der Waals surface area contributed by atoms with E-state index >= 15 is 0 Å². The third-order valence-electron chi connectivity index (χ3n) is 4.45. The summed E-state index contributed by atoms with van der Waals surface area (Å²) >= 11 is 3.81. The molecular weight excluding hydrogens is 482 g/mol. The Balaban J connectivity index is 1.74. The van der Waals surface area contributed by atoms with Gasteiger partial charge in [-0.2, -0.15) is 0 Å². The minimum Gasteiger partial charge on any atom is -0.462 e. The number of primary amides is 1.